The molecule has 4 heteroatoms. The van der Waals surface area contributed by atoms with E-state index in [1.165, 1.54) is 0 Å². The monoisotopic (exact) mass is 394 g/mol. The average Bonchev–Trinajstić information content (AvgIpc) is 2.71. The SMILES string of the molecule is C=CC.CC.CC.CC.C\C=C/C(O)=C(\C=C/C)c1cc(C)c(SC)nn1. The van der Waals surface area contributed by atoms with Crippen molar-refractivity contribution in [3.8, 4) is 0 Å². The van der Waals surface area contributed by atoms with Gasteiger partial charge in [-0.3, -0.25) is 0 Å². The van der Waals surface area contributed by atoms with Crippen LogP contribution >= 0.6 is 11.8 Å². The summed E-state index contributed by atoms with van der Waals surface area (Å²) in [6.07, 6.45) is 10.9. The zero-order valence-electron chi connectivity index (χ0n) is 19.4. The molecular formula is C23H42N2OS. The van der Waals surface area contributed by atoms with Crippen molar-refractivity contribution in [3.05, 3.63) is 60.0 Å². The zero-order chi connectivity index (χ0) is 22.3. The Labute approximate surface area is 173 Å². The minimum absolute atomic E-state index is 0.196. The van der Waals surface area contributed by atoms with Crippen molar-refractivity contribution < 1.29 is 5.11 Å². The van der Waals surface area contributed by atoms with Gasteiger partial charge in [0.15, 0.2) is 0 Å². The summed E-state index contributed by atoms with van der Waals surface area (Å²) in [6.45, 7) is 23.0. The Morgan fingerprint density at radius 2 is 1.41 bits per heavy atom. The molecule has 0 bridgehead atoms. The van der Waals surface area contributed by atoms with Crippen molar-refractivity contribution in [2.45, 2.75) is 74.3 Å². The van der Waals surface area contributed by atoms with Crippen molar-refractivity contribution in [1.82, 2.24) is 10.2 Å². The fourth-order valence-corrected chi connectivity index (χ4v) is 2.03. The molecule has 0 amide bonds. The first-order chi connectivity index (χ1) is 13.0. The summed E-state index contributed by atoms with van der Waals surface area (Å²) in [5.41, 5.74) is 2.42. The van der Waals surface area contributed by atoms with Crippen molar-refractivity contribution in [1.29, 1.82) is 0 Å². The molecule has 0 saturated carbocycles. The minimum Gasteiger partial charge on any atom is -0.507 e. The van der Waals surface area contributed by atoms with Crippen LogP contribution in [-0.4, -0.2) is 21.6 Å². The number of nitrogens with zero attached hydrogens (tertiary/aromatic N) is 2. The summed E-state index contributed by atoms with van der Waals surface area (Å²) in [6, 6.07) is 1.94. The van der Waals surface area contributed by atoms with Gasteiger partial charge < -0.3 is 5.11 Å². The first-order valence-corrected chi connectivity index (χ1v) is 10.9. The van der Waals surface area contributed by atoms with Gasteiger partial charge in [-0.2, -0.15) is 0 Å². The van der Waals surface area contributed by atoms with E-state index in [4.69, 9.17) is 0 Å². The summed E-state index contributed by atoms with van der Waals surface area (Å²) in [5, 5.41) is 19.2. The molecule has 0 aliphatic rings. The van der Waals surface area contributed by atoms with Crippen LogP contribution < -0.4 is 0 Å². The van der Waals surface area contributed by atoms with E-state index in [0.717, 1.165) is 10.6 Å². The predicted molar refractivity (Wildman–Crippen MR) is 128 cm³/mol. The van der Waals surface area contributed by atoms with Crippen LogP contribution in [0.2, 0.25) is 0 Å². The number of hydrogen-bond acceptors (Lipinski definition) is 4. The Bertz CT molecular complexity index is 547. The highest BCUT2D eigenvalue weighted by molar-refractivity contribution is 7.98. The second kappa shape index (κ2) is 26.4. The standard InChI is InChI=1S/C14H18N2OS.C3H6.3C2H6/c1-5-7-11(13(17)8-6-2)12-9-10(3)14(18-4)16-15-12;1-3-2;3*1-2/h5-9,17H,1-4H3;3H,1H2,2H3;3*1-2H3/b7-5-,8-6-,13-11-;;;;. The van der Waals surface area contributed by atoms with Crippen molar-refractivity contribution in [3.63, 3.8) is 0 Å². The summed E-state index contributed by atoms with van der Waals surface area (Å²) >= 11 is 1.56. The Morgan fingerprint density at radius 3 is 1.74 bits per heavy atom. The molecule has 0 saturated heterocycles. The molecule has 1 N–H and O–H groups in total. The quantitative estimate of drug-likeness (QED) is 0.242. The molecule has 0 radical (unpaired) electrons. The van der Waals surface area contributed by atoms with Crippen LogP contribution in [0.3, 0.4) is 0 Å². The summed E-state index contributed by atoms with van der Waals surface area (Å²) in [7, 11) is 0. The van der Waals surface area contributed by atoms with Gasteiger partial charge in [0.2, 0.25) is 0 Å². The lowest BCUT2D eigenvalue weighted by molar-refractivity contribution is 0.435. The molecule has 27 heavy (non-hydrogen) atoms. The van der Waals surface area contributed by atoms with E-state index in [9.17, 15) is 5.11 Å². The van der Waals surface area contributed by atoms with Crippen LogP contribution in [0.25, 0.3) is 5.57 Å². The zero-order valence-corrected chi connectivity index (χ0v) is 20.2. The molecule has 1 heterocycles. The Kier molecular flexibility index (Phi) is 32.1. The van der Waals surface area contributed by atoms with Gasteiger partial charge in [-0.25, -0.2) is 0 Å². The van der Waals surface area contributed by atoms with Gasteiger partial charge in [0, 0.05) is 5.57 Å². The lowest BCUT2D eigenvalue weighted by Gasteiger charge is -2.06. The molecule has 0 spiro atoms. The fourth-order valence-electron chi connectivity index (χ4n) is 1.52. The highest BCUT2D eigenvalue weighted by Crippen LogP contribution is 2.22. The number of rotatable bonds is 4. The van der Waals surface area contributed by atoms with Gasteiger partial charge in [0.25, 0.3) is 0 Å². The van der Waals surface area contributed by atoms with Crippen LogP contribution in [0.5, 0.6) is 0 Å². The van der Waals surface area contributed by atoms with E-state index in [1.54, 1.807) is 30.0 Å². The first kappa shape index (κ1) is 32.8. The van der Waals surface area contributed by atoms with E-state index >= 15 is 0 Å². The topological polar surface area (TPSA) is 46.0 Å². The average molecular weight is 395 g/mol. The number of aromatic nitrogens is 2. The van der Waals surface area contributed by atoms with E-state index in [0.29, 0.717) is 11.3 Å². The van der Waals surface area contributed by atoms with Crippen LogP contribution in [0, 0.1) is 6.92 Å². The number of aliphatic hydroxyl groups is 1. The summed E-state index contributed by atoms with van der Waals surface area (Å²) < 4.78 is 0. The van der Waals surface area contributed by atoms with Crippen LogP contribution in [0.15, 0.2) is 53.8 Å². The highest BCUT2D eigenvalue weighted by atomic mass is 32.2. The van der Waals surface area contributed by atoms with Gasteiger partial charge in [-0.15, -0.1) is 28.5 Å². The molecule has 0 aliphatic carbocycles. The van der Waals surface area contributed by atoms with Gasteiger partial charge in [-0.05, 0) is 51.7 Å². The van der Waals surface area contributed by atoms with E-state index in [1.807, 2.05) is 93.7 Å². The molecule has 1 aromatic rings. The van der Waals surface area contributed by atoms with Crippen molar-refractivity contribution in [2.24, 2.45) is 0 Å². The Morgan fingerprint density at radius 1 is 0.963 bits per heavy atom. The van der Waals surface area contributed by atoms with Gasteiger partial charge in [0.05, 0.1) is 5.69 Å². The highest BCUT2D eigenvalue weighted by Gasteiger charge is 2.08. The molecular weight excluding hydrogens is 352 g/mol. The number of aryl methyl sites for hydroxylation is 1. The molecule has 156 valence electrons. The summed E-state index contributed by atoms with van der Waals surface area (Å²) in [5.74, 6) is 0.196. The van der Waals surface area contributed by atoms with Gasteiger partial charge in [0.1, 0.15) is 10.8 Å². The van der Waals surface area contributed by atoms with Crippen LogP contribution in [0.1, 0.15) is 73.6 Å². The molecule has 1 aromatic heterocycles. The molecule has 0 aromatic carbocycles. The summed E-state index contributed by atoms with van der Waals surface area (Å²) in [4.78, 5) is 0. The third-order valence-corrected chi connectivity index (χ3v) is 3.13. The molecule has 1 rings (SSSR count). The maximum absolute atomic E-state index is 9.98. The largest absolute Gasteiger partial charge is 0.507 e. The lowest BCUT2D eigenvalue weighted by atomic mass is 10.1. The minimum atomic E-state index is 0.196. The number of allylic oxidation sites excluding steroid dienone is 6. The molecule has 0 atom stereocenters. The second-order valence-electron chi connectivity index (χ2n) is 4.13. The third-order valence-electron chi connectivity index (χ3n) is 2.34. The predicted octanol–water partition coefficient (Wildman–Crippen LogP) is 8.20. The first-order valence-electron chi connectivity index (χ1n) is 9.69. The number of hydrogen-bond donors (Lipinski definition) is 1. The van der Waals surface area contributed by atoms with Crippen molar-refractivity contribution in [2.75, 3.05) is 6.26 Å². The maximum atomic E-state index is 9.98. The lowest BCUT2D eigenvalue weighted by Crippen LogP contribution is -1.97. The van der Waals surface area contributed by atoms with Crippen molar-refractivity contribution >= 4 is 17.3 Å². The van der Waals surface area contributed by atoms with E-state index in [-0.39, 0.29) is 5.76 Å². The Balaban J connectivity index is -0.000000253. The second-order valence-corrected chi connectivity index (χ2v) is 4.92. The Hall–Kier alpha value is -1.81. The van der Waals surface area contributed by atoms with Crippen LogP contribution in [0.4, 0.5) is 0 Å². The smallest absolute Gasteiger partial charge is 0.124 e. The molecule has 3 nitrogen and oxygen atoms in total. The van der Waals surface area contributed by atoms with Crippen LogP contribution in [-0.2, 0) is 0 Å². The maximum Gasteiger partial charge on any atom is 0.124 e. The number of thioether (sulfide) groups is 1. The fraction of sp³-hybridized carbons (Fsp3) is 0.478. The normalized spacial score (nSPS) is 10.0. The van der Waals surface area contributed by atoms with Gasteiger partial charge >= 0.3 is 0 Å². The molecule has 0 unspecified atom stereocenters. The van der Waals surface area contributed by atoms with Gasteiger partial charge in [-0.1, -0.05) is 65.8 Å². The molecule has 0 aliphatic heterocycles. The van der Waals surface area contributed by atoms with E-state index < -0.39 is 0 Å². The third kappa shape index (κ3) is 16.1. The van der Waals surface area contributed by atoms with E-state index in [2.05, 4.69) is 16.8 Å². The number of aliphatic hydroxyl groups excluding tert-OH is 1. The molecule has 0 fully saturated rings.